The van der Waals surface area contributed by atoms with E-state index >= 15 is 0 Å². The molecule has 0 aliphatic carbocycles. The first-order chi connectivity index (χ1) is 9.27. The molecule has 2 N–H and O–H groups in total. The van der Waals surface area contributed by atoms with Gasteiger partial charge in [-0.15, -0.1) is 10.2 Å². The topological polar surface area (TPSA) is 85.4 Å². The first-order valence-corrected chi connectivity index (χ1v) is 6.11. The molecule has 7 heteroatoms. The number of carbonyl (C=O) groups is 1. The van der Waals surface area contributed by atoms with Gasteiger partial charge in [0.05, 0.1) is 6.61 Å². The van der Waals surface area contributed by atoms with Gasteiger partial charge in [0.15, 0.2) is 5.69 Å². The Bertz CT molecular complexity index is 370. The van der Waals surface area contributed by atoms with Crippen molar-refractivity contribution < 1.29 is 14.3 Å². The Labute approximate surface area is 112 Å². The fourth-order valence-corrected chi connectivity index (χ4v) is 1.34. The van der Waals surface area contributed by atoms with Gasteiger partial charge in [0.2, 0.25) is 0 Å². The molecular formula is C12H20N4O3. The van der Waals surface area contributed by atoms with Crippen molar-refractivity contribution in [2.45, 2.75) is 6.42 Å². The monoisotopic (exact) mass is 268 g/mol. The maximum Gasteiger partial charge on any atom is 0.271 e. The number of rotatable bonds is 9. The molecule has 0 aliphatic heterocycles. The van der Waals surface area contributed by atoms with E-state index in [4.69, 9.17) is 9.47 Å². The van der Waals surface area contributed by atoms with Crippen LogP contribution in [0.3, 0.4) is 0 Å². The smallest absolute Gasteiger partial charge is 0.271 e. The standard InChI is InChI=1S/C12H20N4O3/c1-18-8-3-6-13-11-5-4-10(15-16-11)12(17)14-7-9-19-2/h4-5H,3,6-9H2,1-2H3,(H,13,16)(H,14,17). The Morgan fingerprint density at radius 1 is 1.16 bits per heavy atom. The molecule has 0 radical (unpaired) electrons. The molecule has 1 rings (SSSR count). The van der Waals surface area contributed by atoms with Crippen LogP contribution >= 0.6 is 0 Å². The van der Waals surface area contributed by atoms with Crippen LogP contribution in [0.1, 0.15) is 16.9 Å². The van der Waals surface area contributed by atoms with Gasteiger partial charge in [-0.2, -0.15) is 0 Å². The first-order valence-electron chi connectivity index (χ1n) is 6.11. The van der Waals surface area contributed by atoms with Gasteiger partial charge in [-0.1, -0.05) is 0 Å². The van der Waals surface area contributed by atoms with E-state index in [1.54, 1.807) is 26.4 Å². The highest BCUT2D eigenvalue weighted by Gasteiger charge is 2.06. The number of hydrogen-bond donors (Lipinski definition) is 2. The number of aromatic nitrogens is 2. The molecule has 1 amide bonds. The lowest BCUT2D eigenvalue weighted by Gasteiger charge is -2.06. The minimum absolute atomic E-state index is 0.254. The SMILES string of the molecule is COCCCNc1ccc(C(=O)NCCOC)nn1. The van der Waals surface area contributed by atoms with Gasteiger partial charge in [0.1, 0.15) is 5.82 Å². The lowest BCUT2D eigenvalue weighted by Crippen LogP contribution is -2.28. The van der Waals surface area contributed by atoms with Crippen LogP contribution in [0.2, 0.25) is 0 Å². The van der Waals surface area contributed by atoms with Crippen LogP contribution in [-0.2, 0) is 9.47 Å². The van der Waals surface area contributed by atoms with E-state index in [2.05, 4.69) is 20.8 Å². The quantitative estimate of drug-likeness (QED) is 0.627. The third-order valence-electron chi connectivity index (χ3n) is 2.32. The number of carbonyl (C=O) groups excluding carboxylic acids is 1. The summed E-state index contributed by atoms with van der Waals surface area (Å²) < 4.78 is 9.78. The summed E-state index contributed by atoms with van der Waals surface area (Å²) in [6.45, 7) is 2.37. The van der Waals surface area contributed by atoms with Crippen LogP contribution < -0.4 is 10.6 Å². The molecule has 0 atom stereocenters. The first kappa shape index (κ1) is 15.3. The molecule has 0 fully saturated rings. The van der Waals surface area contributed by atoms with Crippen molar-refractivity contribution in [2.75, 3.05) is 45.8 Å². The molecule has 106 valence electrons. The fraction of sp³-hybridized carbons (Fsp3) is 0.583. The Balaban J connectivity index is 2.36. The van der Waals surface area contributed by atoms with Crippen molar-refractivity contribution in [1.82, 2.24) is 15.5 Å². The predicted octanol–water partition coefficient (Wildman–Crippen LogP) is 0.301. The minimum atomic E-state index is -0.254. The van der Waals surface area contributed by atoms with Gasteiger partial charge >= 0.3 is 0 Å². The summed E-state index contributed by atoms with van der Waals surface area (Å²) in [5.74, 6) is 0.389. The lowest BCUT2D eigenvalue weighted by molar-refractivity contribution is 0.0931. The second-order valence-electron chi connectivity index (χ2n) is 3.83. The van der Waals surface area contributed by atoms with Gasteiger partial charge in [0, 0.05) is 33.9 Å². The van der Waals surface area contributed by atoms with Crippen LogP contribution in [0.25, 0.3) is 0 Å². The minimum Gasteiger partial charge on any atom is -0.385 e. The number of hydrogen-bond acceptors (Lipinski definition) is 6. The van der Waals surface area contributed by atoms with Crippen LogP contribution in [0, 0.1) is 0 Å². The predicted molar refractivity (Wildman–Crippen MR) is 71.2 cm³/mol. The summed E-state index contributed by atoms with van der Waals surface area (Å²) in [6, 6.07) is 3.36. The van der Waals surface area contributed by atoms with E-state index in [-0.39, 0.29) is 5.91 Å². The zero-order valence-corrected chi connectivity index (χ0v) is 11.3. The lowest BCUT2D eigenvalue weighted by atomic mass is 10.3. The Hall–Kier alpha value is -1.73. The number of nitrogens with zero attached hydrogens (tertiary/aromatic N) is 2. The highest BCUT2D eigenvalue weighted by atomic mass is 16.5. The van der Waals surface area contributed by atoms with Crippen molar-refractivity contribution in [3.8, 4) is 0 Å². The van der Waals surface area contributed by atoms with Crippen molar-refractivity contribution in [3.05, 3.63) is 17.8 Å². The van der Waals surface area contributed by atoms with Gasteiger partial charge in [0.25, 0.3) is 5.91 Å². The molecule has 0 saturated carbocycles. The van der Waals surface area contributed by atoms with Crippen LogP contribution in [-0.4, -0.2) is 56.6 Å². The summed E-state index contributed by atoms with van der Waals surface area (Å²) in [7, 11) is 3.24. The van der Waals surface area contributed by atoms with Gasteiger partial charge < -0.3 is 20.1 Å². The molecular weight excluding hydrogens is 248 g/mol. The highest BCUT2D eigenvalue weighted by molar-refractivity contribution is 5.92. The maximum atomic E-state index is 11.6. The number of anilines is 1. The van der Waals surface area contributed by atoms with E-state index in [9.17, 15) is 4.79 Å². The zero-order chi connectivity index (χ0) is 13.9. The van der Waals surface area contributed by atoms with Gasteiger partial charge in [-0.3, -0.25) is 4.79 Å². The second-order valence-corrected chi connectivity index (χ2v) is 3.83. The molecule has 1 aromatic heterocycles. The normalized spacial score (nSPS) is 10.2. The van der Waals surface area contributed by atoms with E-state index in [0.717, 1.165) is 13.0 Å². The molecule has 7 nitrogen and oxygen atoms in total. The third-order valence-corrected chi connectivity index (χ3v) is 2.32. The number of ether oxygens (including phenoxy) is 2. The van der Waals surface area contributed by atoms with E-state index in [0.29, 0.717) is 31.3 Å². The van der Waals surface area contributed by atoms with Crippen LogP contribution in [0.5, 0.6) is 0 Å². The molecule has 0 bridgehead atoms. The second kappa shape index (κ2) is 9.23. The van der Waals surface area contributed by atoms with E-state index < -0.39 is 0 Å². The molecule has 1 aromatic rings. The zero-order valence-electron chi connectivity index (χ0n) is 11.3. The fourth-order valence-electron chi connectivity index (χ4n) is 1.34. The Kier molecular flexibility index (Phi) is 7.45. The molecule has 0 aromatic carbocycles. The largest absolute Gasteiger partial charge is 0.385 e. The highest BCUT2D eigenvalue weighted by Crippen LogP contribution is 2.02. The average molecular weight is 268 g/mol. The van der Waals surface area contributed by atoms with Crippen molar-refractivity contribution >= 4 is 11.7 Å². The van der Waals surface area contributed by atoms with Crippen molar-refractivity contribution in [3.63, 3.8) is 0 Å². The average Bonchev–Trinajstić information content (AvgIpc) is 2.44. The molecule has 0 spiro atoms. The van der Waals surface area contributed by atoms with Gasteiger partial charge in [-0.05, 0) is 18.6 Å². The summed E-state index contributed by atoms with van der Waals surface area (Å²) in [4.78, 5) is 11.6. The molecule has 0 unspecified atom stereocenters. The van der Waals surface area contributed by atoms with Crippen LogP contribution in [0.4, 0.5) is 5.82 Å². The Morgan fingerprint density at radius 3 is 2.58 bits per heavy atom. The Morgan fingerprint density at radius 2 is 1.95 bits per heavy atom. The summed E-state index contributed by atoms with van der Waals surface area (Å²) >= 11 is 0. The van der Waals surface area contributed by atoms with Gasteiger partial charge in [-0.25, -0.2) is 0 Å². The summed E-state index contributed by atoms with van der Waals surface area (Å²) in [5.41, 5.74) is 0.290. The third kappa shape index (κ3) is 6.12. The van der Waals surface area contributed by atoms with Crippen LogP contribution in [0.15, 0.2) is 12.1 Å². The molecule has 0 saturated heterocycles. The molecule has 1 heterocycles. The number of methoxy groups -OCH3 is 2. The van der Waals surface area contributed by atoms with Crippen molar-refractivity contribution in [1.29, 1.82) is 0 Å². The summed E-state index contributed by atoms with van der Waals surface area (Å²) in [5, 5.41) is 13.6. The maximum absolute atomic E-state index is 11.6. The number of nitrogens with one attached hydrogen (secondary N) is 2. The number of amides is 1. The van der Waals surface area contributed by atoms with Crippen molar-refractivity contribution in [2.24, 2.45) is 0 Å². The van der Waals surface area contributed by atoms with E-state index in [1.165, 1.54) is 0 Å². The molecule has 19 heavy (non-hydrogen) atoms. The summed E-state index contributed by atoms with van der Waals surface area (Å²) in [6.07, 6.45) is 0.886. The molecule has 0 aliphatic rings. The van der Waals surface area contributed by atoms with E-state index in [1.807, 2.05) is 0 Å².